The summed E-state index contributed by atoms with van der Waals surface area (Å²) in [4.78, 5) is 15.3. The molecule has 1 fully saturated rings. The number of thiophene rings is 1. The molecule has 23 heavy (non-hydrogen) atoms. The zero-order valence-electron chi connectivity index (χ0n) is 12.8. The lowest BCUT2D eigenvalue weighted by molar-refractivity contribution is -0.111. The SMILES string of the molecule is O=C(/C=C/c1cccs1)Nc1cc(F)ccc1N1CCCCC1. The maximum atomic E-state index is 13.6. The largest absolute Gasteiger partial charge is 0.370 e. The van der Waals surface area contributed by atoms with Crippen LogP contribution in [0.25, 0.3) is 6.08 Å². The van der Waals surface area contributed by atoms with Gasteiger partial charge in [0.05, 0.1) is 11.4 Å². The Morgan fingerprint density at radius 1 is 1.22 bits per heavy atom. The predicted molar refractivity (Wildman–Crippen MR) is 94.4 cm³/mol. The molecule has 0 bridgehead atoms. The molecule has 5 heteroatoms. The van der Waals surface area contributed by atoms with Crippen LogP contribution in [0.15, 0.2) is 41.8 Å². The van der Waals surface area contributed by atoms with Crippen molar-refractivity contribution in [3.8, 4) is 0 Å². The third-order valence-corrected chi connectivity index (χ3v) is 4.69. The average Bonchev–Trinajstić information content (AvgIpc) is 3.07. The van der Waals surface area contributed by atoms with Crippen molar-refractivity contribution in [3.63, 3.8) is 0 Å². The second-order valence-electron chi connectivity index (χ2n) is 5.55. The van der Waals surface area contributed by atoms with Gasteiger partial charge in [-0.15, -0.1) is 11.3 Å². The van der Waals surface area contributed by atoms with E-state index in [-0.39, 0.29) is 11.7 Å². The minimum absolute atomic E-state index is 0.248. The Bertz CT molecular complexity index is 691. The van der Waals surface area contributed by atoms with Gasteiger partial charge >= 0.3 is 0 Å². The number of hydrogen-bond acceptors (Lipinski definition) is 3. The molecule has 1 saturated heterocycles. The molecule has 1 aromatic carbocycles. The first-order valence-electron chi connectivity index (χ1n) is 7.79. The van der Waals surface area contributed by atoms with Crippen molar-refractivity contribution in [2.45, 2.75) is 19.3 Å². The summed E-state index contributed by atoms with van der Waals surface area (Å²) >= 11 is 1.56. The zero-order chi connectivity index (χ0) is 16.1. The van der Waals surface area contributed by atoms with E-state index in [1.165, 1.54) is 24.6 Å². The highest BCUT2D eigenvalue weighted by Gasteiger charge is 2.16. The van der Waals surface area contributed by atoms with Crippen LogP contribution in [-0.4, -0.2) is 19.0 Å². The molecule has 1 aliphatic heterocycles. The fraction of sp³-hybridized carbons (Fsp3) is 0.278. The number of piperidine rings is 1. The van der Waals surface area contributed by atoms with Gasteiger partial charge in [-0.2, -0.15) is 0 Å². The van der Waals surface area contributed by atoms with E-state index in [1.54, 1.807) is 23.5 Å². The second kappa shape index (κ2) is 7.42. The summed E-state index contributed by atoms with van der Waals surface area (Å²) in [5, 5.41) is 4.77. The summed E-state index contributed by atoms with van der Waals surface area (Å²) in [7, 11) is 0. The van der Waals surface area contributed by atoms with Gasteiger partial charge in [-0.25, -0.2) is 4.39 Å². The van der Waals surface area contributed by atoms with Gasteiger partial charge in [0, 0.05) is 24.0 Å². The molecule has 3 nitrogen and oxygen atoms in total. The third-order valence-electron chi connectivity index (χ3n) is 3.86. The summed E-state index contributed by atoms with van der Waals surface area (Å²) in [5.74, 6) is -0.592. The maximum absolute atomic E-state index is 13.6. The molecule has 2 heterocycles. The van der Waals surface area contributed by atoms with Crippen LogP contribution in [-0.2, 0) is 4.79 Å². The van der Waals surface area contributed by atoms with E-state index in [1.807, 2.05) is 17.5 Å². The molecule has 1 N–H and O–H groups in total. The summed E-state index contributed by atoms with van der Waals surface area (Å²) in [6.07, 6.45) is 6.73. The fourth-order valence-corrected chi connectivity index (χ4v) is 3.36. The highest BCUT2D eigenvalue weighted by atomic mass is 32.1. The van der Waals surface area contributed by atoms with Gasteiger partial charge in [-0.1, -0.05) is 6.07 Å². The van der Waals surface area contributed by atoms with Crippen LogP contribution in [0, 0.1) is 5.82 Å². The van der Waals surface area contributed by atoms with Gasteiger partial charge in [-0.3, -0.25) is 4.79 Å². The van der Waals surface area contributed by atoms with Gasteiger partial charge in [0.2, 0.25) is 5.91 Å². The van der Waals surface area contributed by atoms with Crippen LogP contribution >= 0.6 is 11.3 Å². The number of rotatable bonds is 4. The predicted octanol–water partition coefficient (Wildman–Crippen LogP) is 4.53. The van der Waals surface area contributed by atoms with Crippen molar-refractivity contribution in [3.05, 3.63) is 52.5 Å². The van der Waals surface area contributed by atoms with Gasteiger partial charge in [-0.05, 0) is 55.0 Å². The van der Waals surface area contributed by atoms with Crippen molar-refractivity contribution >= 4 is 34.7 Å². The fourth-order valence-electron chi connectivity index (χ4n) is 2.74. The molecule has 0 unspecified atom stereocenters. The van der Waals surface area contributed by atoms with Crippen molar-refractivity contribution in [2.75, 3.05) is 23.3 Å². The molecule has 1 amide bonds. The van der Waals surface area contributed by atoms with Crippen molar-refractivity contribution < 1.29 is 9.18 Å². The molecule has 3 rings (SSSR count). The number of hydrogen-bond donors (Lipinski definition) is 1. The quantitative estimate of drug-likeness (QED) is 0.835. The lowest BCUT2D eigenvalue weighted by Crippen LogP contribution is -2.30. The van der Waals surface area contributed by atoms with Crippen molar-refractivity contribution in [1.82, 2.24) is 0 Å². The Kier molecular flexibility index (Phi) is 5.08. The van der Waals surface area contributed by atoms with Crippen LogP contribution in [0.5, 0.6) is 0 Å². The van der Waals surface area contributed by atoms with Crippen molar-refractivity contribution in [2.24, 2.45) is 0 Å². The smallest absolute Gasteiger partial charge is 0.248 e. The first kappa shape index (κ1) is 15.7. The number of carbonyl (C=O) groups is 1. The topological polar surface area (TPSA) is 32.3 Å². The minimum Gasteiger partial charge on any atom is -0.370 e. The number of nitrogens with one attached hydrogen (secondary N) is 1. The molecular weight excluding hydrogens is 311 g/mol. The summed E-state index contributed by atoms with van der Waals surface area (Å²) in [6.45, 7) is 1.89. The number of nitrogens with zero attached hydrogens (tertiary/aromatic N) is 1. The van der Waals surface area contributed by atoms with E-state index < -0.39 is 0 Å². The van der Waals surface area contributed by atoms with Crippen LogP contribution in [0.3, 0.4) is 0 Å². The lowest BCUT2D eigenvalue weighted by Gasteiger charge is -2.30. The lowest BCUT2D eigenvalue weighted by atomic mass is 10.1. The highest BCUT2D eigenvalue weighted by Crippen LogP contribution is 2.29. The van der Waals surface area contributed by atoms with E-state index in [9.17, 15) is 9.18 Å². The summed E-state index contributed by atoms with van der Waals surface area (Å²) < 4.78 is 13.6. The number of anilines is 2. The van der Waals surface area contributed by atoms with E-state index in [2.05, 4.69) is 10.2 Å². The highest BCUT2D eigenvalue weighted by molar-refractivity contribution is 7.10. The van der Waals surface area contributed by atoms with Gasteiger partial charge in [0.1, 0.15) is 5.82 Å². The molecule has 1 aromatic heterocycles. The molecule has 1 aliphatic rings. The van der Waals surface area contributed by atoms with Gasteiger partial charge in [0.25, 0.3) is 0 Å². The minimum atomic E-state index is -0.344. The van der Waals surface area contributed by atoms with Crippen LogP contribution < -0.4 is 10.2 Å². The number of carbonyl (C=O) groups excluding carboxylic acids is 1. The maximum Gasteiger partial charge on any atom is 0.248 e. The zero-order valence-corrected chi connectivity index (χ0v) is 13.6. The number of halogens is 1. The normalized spacial score (nSPS) is 15.1. The molecule has 2 aromatic rings. The first-order chi connectivity index (χ1) is 11.2. The Morgan fingerprint density at radius 2 is 2.04 bits per heavy atom. The Labute approximate surface area is 139 Å². The molecular formula is C18H19FN2OS. The molecule has 0 atom stereocenters. The monoisotopic (exact) mass is 330 g/mol. The first-order valence-corrected chi connectivity index (χ1v) is 8.67. The van der Waals surface area contributed by atoms with Crippen LogP contribution in [0.4, 0.5) is 15.8 Å². The van der Waals surface area contributed by atoms with Gasteiger partial charge < -0.3 is 10.2 Å². The Morgan fingerprint density at radius 3 is 2.78 bits per heavy atom. The van der Waals surface area contributed by atoms with Crippen LogP contribution in [0.2, 0.25) is 0 Å². The summed E-state index contributed by atoms with van der Waals surface area (Å²) in [5.41, 5.74) is 1.43. The molecule has 0 radical (unpaired) electrons. The van der Waals surface area contributed by atoms with E-state index >= 15 is 0 Å². The van der Waals surface area contributed by atoms with Crippen molar-refractivity contribution in [1.29, 1.82) is 0 Å². The molecule has 120 valence electrons. The van der Waals surface area contributed by atoms with E-state index in [4.69, 9.17) is 0 Å². The summed E-state index contributed by atoms with van der Waals surface area (Å²) in [6, 6.07) is 8.46. The molecule has 0 spiro atoms. The van der Waals surface area contributed by atoms with Crippen LogP contribution in [0.1, 0.15) is 24.1 Å². The Hall–Kier alpha value is -2.14. The third kappa shape index (κ3) is 4.20. The molecule has 0 aliphatic carbocycles. The molecule has 0 saturated carbocycles. The number of amides is 1. The average molecular weight is 330 g/mol. The second-order valence-corrected chi connectivity index (χ2v) is 6.53. The Balaban J connectivity index is 1.75. The standard InChI is InChI=1S/C18H19FN2OS/c19-14-6-8-17(21-10-2-1-3-11-21)16(13-14)20-18(22)9-7-15-5-4-12-23-15/h4-9,12-13H,1-3,10-11H2,(H,20,22)/b9-7+. The van der Waals surface area contributed by atoms with E-state index in [0.29, 0.717) is 5.69 Å². The number of benzene rings is 1. The van der Waals surface area contributed by atoms with E-state index in [0.717, 1.165) is 36.5 Å². The van der Waals surface area contributed by atoms with Gasteiger partial charge in [0.15, 0.2) is 0 Å².